The predicted molar refractivity (Wildman–Crippen MR) is 103 cm³/mol. The summed E-state index contributed by atoms with van der Waals surface area (Å²) in [5.74, 6) is -0.0316. The molecule has 2 aliphatic rings. The standard InChI is InChI=1S/C20H30BNO4/c1-13-11-15(21-25-19(3,4)20(5,6)26-21)12-17(14(13)2)18(23)22-16-7-9-24-10-8-16/h11-12,16H,7-10H2,1-6H3,(H,22,23). The molecule has 1 aromatic rings. The summed E-state index contributed by atoms with van der Waals surface area (Å²) in [6, 6.07) is 4.15. The molecule has 0 unspecified atom stereocenters. The molecule has 1 aromatic carbocycles. The van der Waals surface area contributed by atoms with E-state index < -0.39 is 18.3 Å². The van der Waals surface area contributed by atoms with E-state index in [-0.39, 0.29) is 11.9 Å². The third-order valence-corrected chi connectivity index (χ3v) is 6.02. The van der Waals surface area contributed by atoms with Crippen molar-refractivity contribution in [2.75, 3.05) is 13.2 Å². The van der Waals surface area contributed by atoms with Crippen molar-refractivity contribution in [3.8, 4) is 0 Å². The van der Waals surface area contributed by atoms with Crippen LogP contribution in [0.2, 0.25) is 0 Å². The summed E-state index contributed by atoms with van der Waals surface area (Å²) in [4.78, 5) is 12.9. The van der Waals surface area contributed by atoms with Crippen molar-refractivity contribution in [3.63, 3.8) is 0 Å². The van der Waals surface area contributed by atoms with Crippen LogP contribution < -0.4 is 10.8 Å². The van der Waals surface area contributed by atoms with Crippen molar-refractivity contribution in [3.05, 3.63) is 28.8 Å². The van der Waals surface area contributed by atoms with Gasteiger partial charge in [0.05, 0.1) is 11.2 Å². The van der Waals surface area contributed by atoms with Gasteiger partial charge < -0.3 is 19.4 Å². The largest absolute Gasteiger partial charge is 0.494 e. The summed E-state index contributed by atoms with van der Waals surface area (Å²) in [5, 5.41) is 3.15. The van der Waals surface area contributed by atoms with E-state index in [9.17, 15) is 4.79 Å². The summed E-state index contributed by atoms with van der Waals surface area (Å²) in [6.45, 7) is 13.6. The van der Waals surface area contributed by atoms with Crippen molar-refractivity contribution in [2.45, 2.75) is 71.6 Å². The molecule has 2 heterocycles. The number of nitrogens with one attached hydrogen (secondary N) is 1. The Kier molecular flexibility index (Phi) is 5.21. The Labute approximate surface area is 156 Å². The second-order valence-corrected chi connectivity index (χ2v) is 8.46. The van der Waals surface area contributed by atoms with Crippen LogP contribution in [0.1, 0.15) is 62.0 Å². The molecular formula is C20H30BNO4. The van der Waals surface area contributed by atoms with E-state index in [1.165, 1.54) is 0 Å². The molecule has 3 rings (SSSR count). The zero-order chi connectivity index (χ0) is 19.1. The highest BCUT2D eigenvalue weighted by Gasteiger charge is 2.51. The third kappa shape index (κ3) is 3.68. The number of aryl methyl sites for hydroxylation is 1. The van der Waals surface area contributed by atoms with E-state index in [0.29, 0.717) is 18.8 Å². The third-order valence-electron chi connectivity index (χ3n) is 6.02. The summed E-state index contributed by atoms with van der Waals surface area (Å²) >= 11 is 0. The maximum Gasteiger partial charge on any atom is 0.494 e. The molecule has 0 spiro atoms. The van der Waals surface area contributed by atoms with Gasteiger partial charge in [0.1, 0.15) is 0 Å². The van der Waals surface area contributed by atoms with E-state index in [0.717, 1.165) is 29.4 Å². The normalized spacial score (nSPS) is 22.5. The molecule has 6 heteroatoms. The van der Waals surface area contributed by atoms with Gasteiger partial charge in [-0.25, -0.2) is 0 Å². The van der Waals surface area contributed by atoms with Gasteiger partial charge in [-0.15, -0.1) is 0 Å². The molecule has 2 fully saturated rings. The zero-order valence-electron chi connectivity index (χ0n) is 16.8. The lowest BCUT2D eigenvalue weighted by Crippen LogP contribution is -2.41. The smallest absolute Gasteiger partial charge is 0.399 e. The Hall–Kier alpha value is -1.37. The second kappa shape index (κ2) is 6.99. The minimum absolute atomic E-state index is 0.0316. The lowest BCUT2D eigenvalue weighted by atomic mass is 9.76. The van der Waals surface area contributed by atoms with Crippen LogP contribution in [0.15, 0.2) is 12.1 Å². The molecule has 26 heavy (non-hydrogen) atoms. The van der Waals surface area contributed by atoms with Crippen LogP contribution in [0.4, 0.5) is 0 Å². The van der Waals surface area contributed by atoms with Gasteiger partial charge in [0.25, 0.3) is 5.91 Å². The first-order chi connectivity index (χ1) is 12.1. The number of carbonyl (C=O) groups is 1. The van der Waals surface area contributed by atoms with Crippen LogP contribution in [0.25, 0.3) is 0 Å². The molecule has 0 aromatic heterocycles. The van der Waals surface area contributed by atoms with Crippen LogP contribution in [-0.2, 0) is 14.0 Å². The topological polar surface area (TPSA) is 56.8 Å². The number of ether oxygens (including phenoxy) is 1. The van der Waals surface area contributed by atoms with E-state index >= 15 is 0 Å². The molecule has 5 nitrogen and oxygen atoms in total. The molecule has 0 radical (unpaired) electrons. The molecule has 142 valence electrons. The maximum atomic E-state index is 12.9. The van der Waals surface area contributed by atoms with Crippen LogP contribution in [0.3, 0.4) is 0 Å². The fourth-order valence-electron chi connectivity index (χ4n) is 3.34. The van der Waals surface area contributed by atoms with Gasteiger partial charge in [0.15, 0.2) is 0 Å². The summed E-state index contributed by atoms with van der Waals surface area (Å²) in [7, 11) is -0.464. The molecular weight excluding hydrogens is 329 g/mol. The quantitative estimate of drug-likeness (QED) is 0.843. The predicted octanol–water partition coefficient (Wildman–Crippen LogP) is 2.51. The first-order valence-electron chi connectivity index (χ1n) is 9.46. The monoisotopic (exact) mass is 359 g/mol. The van der Waals surface area contributed by atoms with Crippen molar-refractivity contribution >= 4 is 18.5 Å². The Bertz CT molecular complexity index is 679. The van der Waals surface area contributed by atoms with Crippen LogP contribution in [0.5, 0.6) is 0 Å². The Balaban J connectivity index is 1.84. The molecule has 0 saturated carbocycles. The Morgan fingerprint density at radius 1 is 1.08 bits per heavy atom. The second-order valence-electron chi connectivity index (χ2n) is 8.46. The number of hydrogen-bond acceptors (Lipinski definition) is 4. The summed E-state index contributed by atoms with van der Waals surface area (Å²) in [6.07, 6.45) is 1.72. The molecule has 0 bridgehead atoms. The van der Waals surface area contributed by atoms with E-state index in [1.54, 1.807) is 0 Å². The molecule has 2 saturated heterocycles. The first-order valence-corrected chi connectivity index (χ1v) is 9.46. The van der Waals surface area contributed by atoms with Crippen molar-refractivity contribution in [1.29, 1.82) is 0 Å². The number of hydrogen-bond donors (Lipinski definition) is 1. The van der Waals surface area contributed by atoms with Crippen molar-refractivity contribution in [2.24, 2.45) is 0 Å². The lowest BCUT2D eigenvalue weighted by Gasteiger charge is -2.32. The van der Waals surface area contributed by atoms with Crippen molar-refractivity contribution in [1.82, 2.24) is 5.32 Å². The minimum atomic E-state index is -0.464. The first kappa shape index (κ1) is 19.4. The molecule has 1 amide bonds. The van der Waals surface area contributed by atoms with E-state index in [2.05, 4.69) is 11.4 Å². The minimum Gasteiger partial charge on any atom is -0.399 e. The van der Waals surface area contributed by atoms with Crippen LogP contribution in [-0.4, -0.2) is 43.5 Å². The molecule has 0 atom stereocenters. The Morgan fingerprint density at radius 3 is 2.23 bits per heavy atom. The van der Waals surface area contributed by atoms with Gasteiger partial charge in [-0.05, 0) is 77.0 Å². The lowest BCUT2D eigenvalue weighted by molar-refractivity contribution is 0.00578. The highest BCUT2D eigenvalue weighted by molar-refractivity contribution is 6.62. The van der Waals surface area contributed by atoms with Crippen LogP contribution >= 0.6 is 0 Å². The Morgan fingerprint density at radius 2 is 1.65 bits per heavy atom. The van der Waals surface area contributed by atoms with E-state index in [4.69, 9.17) is 14.0 Å². The zero-order valence-corrected chi connectivity index (χ0v) is 16.8. The van der Waals surface area contributed by atoms with Gasteiger partial charge in [0.2, 0.25) is 0 Å². The number of benzene rings is 1. The fourth-order valence-corrected chi connectivity index (χ4v) is 3.34. The number of amides is 1. The average Bonchev–Trinajstić information content (AvgIpc) is 2.78. The molecule has 1 N–H and O–H groups in total. The average molecular weight is 359 g/mol. The van der Waals surface area contributed by atoms with Gasteiger partial charge >= 0.3 is 7.12 Å². The van der Waals surface area contributed by atoms with Crippen LogP contribution in [0, 0.1) is 13.8 Å². The SMILES string of the molecule is Cc1cc(B2OC(C)(C)C(C)(C)O2)cc(C(=O)NC2CCOCC2)c1C. The molecule has 0 aliphatic carbocycles. The van der Waals surface area contributed by atoms with Gasteiger partial charge in [-0.2, -0.15) is 0 Å². The van der Waals surface area contributed by atoms with Gasteiger partial charge in [-0.3, -0.25) is 4.79 Å². The van der Waals surface area contributed by atoms with E-state index in [1.807, 2.05) is 47.6 Å². The summed E-state index contributed by atoms with van der Waals surface area (Å²) < 4.78 is 17.7. The maximum absolute atomic E-state index is 12.9. The van der Waals surface area contributed by atoms with Gasteiger partial charge in [0, 0.05) is 24.8 Å². The highest BCUT2D eigenvalue weighted by atomic mass is 16.7. The highest BCUT2D eigenvalue weighted by Crippen LogP contribution is 2.36. The number of rotatable bonds is 3. The molecule has 2 aliphatic heterocycles. The van der Waals surface area contributed by atoms with Crippen molar-refractivity contribution < 1.29 is 18.8 Å². The number of carbonyl (C=O) groups excluding carboxylic acids is 1. The fraction of sp³-hybridized carbons (Fsp3) is 0.650. The summed E-state index contributed by atoms with van der Waals surface area (Å²) in [5.41, 5.74) is 2.84. The van der Waals surface area contributed by atoms with Gasteiger partial charge in [-0.1, -0.05) is 6.07 Å².